The van der Waals surface area contributed by atoms with E-state index in [1.807, 2.05) is 40.8 Å². The summed E-state index contributed by atoms with van der Waals surface area (Å²) in [6.07, 6.45) is 1.77. The topological polar surface area (TPSA) is 84.8 Å². The second kappa shape index (κ2) is 7.82. The van der Waals surface area contributed by atoms with Crippen molar-refractivity contribution in [3.8, 4) is 17.3 Å². The number of pyridine rings is 1. The fraction of sp³-hybridized carbons (Fsp3) is 0.318. The Balaban J connectivity index is 1.24. The third-order valence-corrected chi connectivity index (χ3v) is 5.63. The molecular formula is C22H24N6O3. The van der Waals surface area contributed by atoms with Gasteiger partial charge in [0.15, 0.2) is 17.3 Å². The Hall–Kier alpha value is -3.75. The van der Waals surface area contributed by atoms with Crippen LogP contribution in [0.3, 0.4) is 0 Å². The first-order chi connectivity index (χ1) is 15.1. The molecule has 2 amide bonds. The number of ether oxygens (including phenoxy) is 2. The fourth-order valence-electron chi connectivity index (χ4n) is 4.10. The quantitative estimate of drug-likeness (QED) is 0.701. The predicted octanol–water partition coefficient (Wildman–Crippen LogP) is 2.97. The average Bonchev–Trinajstić information content (AvgIpc) is 3.38. The van der Waals surface area contributed by atoms with Gasteiger partial charge in [0.05, 0.1) is 17.1 Å². The highest BCUT2D eigenvalue weighted by Crippen LogP contribution is 2.34. The molecule has 1 saturated heterocycles. The average molecular weight is 420 g/mol. The maximum Gasteiger partial charge on any atom is 0.321 e. The number of amides is 2. The number of carbonyl (C=O) groups is 1. The maximum atomic E-state index is 12.7. The van der Waals surface area contributed by atoms with Crippen molar-refractivity contribution in [2.75, 3.05) is 43.2 Å². The van der Waals surface area contributed by atoms with E-state index < -0.39 is 0 Å². The van der Waals surface area contributed by atoms with Crippen LogP contribution in [0.2, 0.25) is 0 Å². The Bertz CT molecular complexity index is 1110. The van der Waals surface area contributed by atoms with Crippen molar-refractivity contribution < 1.29 is 14.3 Å². The number of carbonyl (C=O) groups excluding carboxylic acids is 1. The van der Waals surface area contributed by atoms with E-state index in [2.05, 4.69) is 22.1 Å². The van der Waals surface area contributed by atoms with Gasteiger partial charge in [0, 0.05) is 44.1 Å². The molecule has 5 rings (SSSR count). The number of aryl methyl sites for hydroxylation is 1. The summed E-state index contributed by atoms with van der Waals surface area (Å²) in [5, 5.41) is 7.64. The standard InChI is InChI=1S/C22H24N6O3/c1-15-21(16(2)28(25-15)20-5-3-4-8-23-20)26-9-11-27(12-10-26)22(29)24-17-6-7-18-19(13-17)31-14-30-18/h3-8,13H,9-12,14H2,1-2H3,(H,24,29). The Labute approximate surface area is 180 Å². The van der Waals surface area contributed by atoms with Crippen molar-refractivity contribution in [3.05, 3.63) is 54.0 Å². The lowest BCUT2D eigenvalue weighted by Crippen LogP contribution is -2.50. The number of rotatable bonds is 3. The smallest absolute Gasteiger partial charge is 0.321 e. The Kier molecular flexibility index (Phi) is 4.85. The van der Waals surface area contributed by atoms with Crippen molar-refractivity contribution in [2.45, 2.75) is 13.8 Å². The van der Waals surface area contributed by atoms with E-state index in [-0.39, 0.29) is 12.8 Å². The number of nitrogens with zero attached hydrogens (tertiary/aromatic N) is 5. The van der Waals surface area contributed by atoms with Crippen molar-refractivity contribution in [1.82, 2.24) is 19.7 Å². The molecule has 9 nitrogen and oxygen atoms in total. The highest BCUT2D eigenvalue weighted by atomic mass is 16.7. The SMILES string of the molecule is Cc1nn(-c2ccccn2)c(C)c1N1CCN(C(=O)Nc2ccc3c(c2)OCO3)CC1. The monoisotopic (exact) mass is 420 g/mol. The predicted molar refractivity (Wildman–Crippen MR) is 116 cm³/mol. The molecule has 0 bridgehead atoms. The van der Waals surface area contributed by atoms with E-state index in [1.54, 1.807) is 18.3 Å². The van der Waals surface area contributed by atoms with Gasteiger partial charge in [-0.25, -0.2) is 14.5 Å². The van der Waals surface area contributed by atoms with Crippen molar-refractivity contribution in [2.24, 2.45) is 0 Å². The van der Waals surface area contributed by atoms with Crippen molar-refractivity contribution in [3.63, 3.8) is 0 Å². The lowest BCUT2D eigenvalue weighted by Gasteiger charge is -2.36. The number of urea groups is 1. The highest BCUT2D eigenvalue weighted by Gasteiger charge is 2.26. The molecule has 0 aliphatic carbocycles. The van der Waals surface area contributed by atoms with Gasteiger partial charge in [0.25, 0.3) is 0 Å². The lowest BCUT2D eigenvalue weighted by molar-refractivity contribution is 0.174. The first-order valence-electron chi connectivity index (χ1n) is 10.3. The van der Waals surface area contributed by atoms with Crippen LogP contribution in [-0.4, -0.2) is 58.7 Å². The lowest BCUT2D eigenvalue weighted by atomic mass is 10.2. The number of anilines is 2. The molecule has 4 heterocycles. The number of piperazine rings is 1. The van der Waals surface area contributed by atoms with E-state index >= 15 is 0 Å². The highest BCUT2D eigenvalue weighted by molar-refractivity contribution is 5.90. The maximum absolute atomic E-state index is 12.7. The number of nitrogens with one attached hydrogen (secondary N) is 1. The van der Waals surface area contributed by atoms with E-state index in [0.717, 1.165) is 36.0 Å². The first-order valence-corrected chi connectivity index (χ1v) is 10.3. The first kappa shape index (κ1) is 19.2. The van der Waals surface area contributed by atoms with Gasteiger partial charge in [-0.3, -0.25) is 0 Å². The van der Waals surface area contributed by atoms with E-state index in [9.17, 15) is 4.79 Å². The Morgan fingerprint density at radius 1 is 1.03 bits per heavy atom. The molecule has 160 valence electrons. The molecule has 2 aromatic heterocycles. The summed E-state index contributed by atoms with van der Waals surface area (Å²) in [4.78, 5) is 21.3. The molecule has 0 spiro atoms. The van der Waals surface area contributed by atoms with Gasteiger partial charge in [-0.15, -0.1) is 0 Å². The van der Waals surface area contributed by atoms with Crippen LogP contribution in [0.25, 0.3) is 5.82 Å². The normalized spacial score (nSPS) is 15.3. The van der Waals surface area contributed by atoms with Gasteiger partial charge in [0.1, 0.15) is 0 Å². The van der Waals surface area contributed by atoms with Crippen molar-refractivity contribution >= 4 is 17.4 Å². The number of hydrogen-bond donors (Lipinski definition) is 1. The molecule has 1 fully saturated rings. The zero-order chi connectivity index (χ0) is 21.4. The van der Waals surface area contributed by atoms with Crippen LogP contribution in [0.1, 0.15) is 11.4 Å². The number of aromatic nitrogens is 3. The second-order valence-corrected chi connectivity index (χ2v) is 7.59. The molecule has 0 radical (unpaired) electrons. The largest absolute Gasteiger partial charge is 0.454 e. The van der Waals surface area contributed by atoms with E-state index in [0.29, 0.717) is 30.3 Å². The molecule has 2 aliphatic heterocycles. The molecule has 0 atom stereocenters. The van der Waals surface area contributed by atoms with Crippen LogP contribution in [0, 0.1) is 13.8 Å². The number of hydrogen-bond acceptors (Lipinski definition) is 6. The Morgan fingerprint density at radius 3 is 2.61 bits per heavy atom. The van der Waals surface area contributed by atoms with Crippen LogP contribution in [-0.2, 0) is 0 Å². The summed E-state index contributed by atoms with van der Waals surface area (Å²) in [5.74, 6) is 2.15. The Morgan fingerprint density at radius 2 is 1.84 bits per heavy atom. The van der Waals surface area contributed by atoms with E-state index in [4.69, 9.17) is 14.6 Å². The molecule has 3 aromatic rings. The summed E-state index contributed by atoms with van der Waals surface area (Å²) in [7, 11) is 0. The molecular weight excluding hydrogens is 396 g/mol. The third-order valence-electron chi connectivity index (χ3n) is 5.63. The molecule has 9 heteroatoms. The van der Waals surface area contributed by atoms with Crippen LogP contribution < -0.4 is 19.7 Å². The fourth-order valence-corrected chi connectivity index (χ4v) is 4.10. The van der Waals surface area contributed by atoms with Gasteiger partial charge in [0.2, 0.25) is 6.79 Å². The van der Waals surface area contributed by atoms with Gasteiger partial charge >= 0.3 is 6.03 Å². The van der Waals surface area contributed by atoms with Crippen LogP contribution in [0.4, 0.5) is 16.2 Å². The molecule has 31 heavy (non-hydrogen) atoms. The molecule has 1 N–H and O–H groups in total. The third kappa shape index (κ3) is 3.63. The summed E-state index contributed by atoms with van der Waals surface area (Å²) < 4.78 is 12.6. The summed E-state index contributed by atoms with van der Waals surface area (Å²) in [5.41, 5.74) is 3.82. The van der Waals surface area contributed by atoms with Crippen LogP contribution in [0.15, 0.2) is 42.6 Å². The summed E-state index contributed by atoms with van der Waals surface area (Å²) in [6.45, 7) is 7.02. The molecule has 2 aliphatic rings. The minimum absolute atomic E-state index is 0.115. The molecule has 0 unspecified atom stereocenters. The number of fused-ring (bicyclic) bond motifs is 1. The van der Waals surface area contributed by atoms with Crippen LogP contribution in [0.5, 0.6) is 11.5 Å². The van der Waals surface area contributed by atoms with Gasteiger partial charge in [-0.2, -0.15) is 5.10 Å². The number of benzene rings is 1. The van der Waals surface area contributed by atoms with Gasteiger partial charge in [-0.1, -0.05) is 6.07 Å². The minimum atomic E-state index is -0.115. The second-order valence-electron chi connectivity index (χ2n) is 7.59. The van der Waals surface area contributed by atoms with Crippen molar-refractivity contribution in [1.29, 1.82) is 0 Å². The summed E-state index contributed by atoms with van der Waals surface area (Å²) >= 11 is 0. The minimum Gasteiger partial charge on any atom is -0.454 e. The van der Waals surface area contributed by atoms with Gasteiger partial charge < -0.3 is 24.6 Å². The zero-order valence-corrected chi connectivity index (χ0v) is 17.5. The molecule has 0 saturated carbocycles. The van der Waals surface area contributed by atoms with E-state index in [1.165, 1.54) is 0 Å². The molecule has 1 aromatic carbocycles. The zero-order valence-electron chi connectivity index (χ0n) is 17.5. The van der Waals surface area contributed by atoms with Gasteiger partial charge in [-0.05, 0) is 38.1 Å². The summed E-state index contributed by atoms with van der Waals surface area (Å²) in [6, 6.07) is 11.1. The van der Waals surface area contributed by atoms with Crippen LogP contribution >= 0.6 is 0 Å².